The Morgan fingerprint density at radius 2 is 1.89 bits per heavy atom. The fraction of sp³-hybridized carbons (Fsp3) is 0.452. The van der Waals surface area contributed by atoms with Crippen LogP contribution in [0.3, 0.4) is 0 Å². The molecule has 3 aromatic rings. The van der Waals surface area contributed by atoms with E-state index in [2.05, 4.69) is 61.6 Å². The van der Waals surface area contributed by atoms with E-state index in [1.54, 1.807) is 0 Å². The van der Waals surface area contributed by atoms with Crippen molar-refractivity contribution in [3.05, 3.63) is 77.4 Å². The average Bonchev–Trinajstić information content (AvgIpc) is 3.46. The minimum Gasteiger partial charge on any atom is -0.489 e. The maximum Gasteiger partial charge on any atom is 0.313 e. The van der Waals surface area contributed by atoms with Crippen molar-refractivity contribution >= 4 is 16.7 Å². The number of esters is 1. The predicted molar refractivity (Wildman–Crippen MR) is 144 cm³/mol. The van der Waals surface area contributed by atoms with Gasteiger partial charge in [0.05, 0.1) is 25.4 Å². The SMILES string of the molecule is CCOC(=O)[C@@H]1[C@H]2Oc3cccc([C@@H](C)OC[C@H](O)CNC(C)(C)Cc4ccc5ccccc5c4)c3[C@H]21. The summed E-state index contributed by atoms with van der Waals surface area (Å²) < 4.78 is 17.3. The lowest BCUT2D eigenvalue weighted by atomic mass is 9.93. The Hall–Kier alpha value is -2.93. The normalized spacial score (nSPS) is 21.6. The second-order valence-corrected chi connectivity index (χ2v) is 10.9. The lowest BCUT2D eigenvalue weighted by Crippen LogP contribution is -2.46. The van der Waals surface area contributed by atoms with Crippen molar-refractivity contribution in [3.63, 3.8) is 0 Å². The van der Waals surface area contributed by atoms with Crippen LogP contribution in [-0.4, -0.2) is 48.6 Å². The van der Waals surface area contributed by atoms with Gasteiger partial charge in [0.2, 0.25) is 0 Å². The summed E-state index contributed by atoms with van der Waals surface area (Å²) in [6.07, 6.45) is -0.169. The van der Waals surface area contributed by atoms with Gasteiger partial charge in [-0.25, -0.2) is 0 Å². The molecular weight excluding hydrogens is 466 g/mol. The zero-order valence-electron chi connectivity index (χ0n) is 22.1. The Morgan fingerprint density at radius 3 is 2.68 bits per heavy atom. The van der Waals surface area contributed by atoms with Gasteiger partial charge in [-0.15, -0.1) is 0 Å². The van der Waals surface area contributed by atoms with Crippen LogP contribution in [0.15, 0.2) is 60.7 Å². The summed E-state index contributed by atoms with van der Waals surface area (Å²) in [7, 11) is 0. The quantitative estimate of drug-likeness (QED) is 0.362. The second kappa shape index (κ2) is 10.4. The molecule has 0 unspecified atom stereocenters. The number of hydrogen-bond donors (Lipinski definition) is 2. The molecule has 0 saturated heterocycles. The summed E-state index contributed by atoms with van der Waals surface area (Å²) in [4.78, 5) is 12.3. The van der Waals surface area contributed by atoms with E-state index in [9.17, 15) is 9.90 Å². The lowest BCUT2D eigenvalue weighted by molar-refractivity contribution is -0.145. The molecule has 5 atom stereocenters. The maximum atomic E-state index is 12.3. The van der Waals surface area contributed by atoms with Crippen LogP contribution in [0.5, 0.6) is 5.75 Å². The molecule has 1 heterocycles. The number of fused-ring (bicyclic) bond motifs is 4. The molecule has 1 fully saturated rings. The first-order valence-corrected chi connectivity index (χ1v) is 13.3. The van der Waals surface area contributed by atoms with Crippen LogP contribution in [-0.2, 0) is 20.7 Å². The van der Waals surface area contributed by atoms with Gasteiger partial charge in [0.15, 0.2) is 0 Å². The van der Waals surface area contributed by atoms with Crippen molar-refractivity contribution in [2.45, 2.75) is 63.9 Å². The molecule has 0 amide bonds. The topological polar surface area (TPSA) is 77.0 Å². The highest BCUT2D eigenvalue weighted by Gasteiger charge is 2.64. The fourth-order valence-corrected chi connectivity index (χ4v) is 5.53. The van der Waals surface area contributed by atoms with Crippen LogP contribution in [0.1, 0.15) is 56.4 Å². The Labute approximate surface area is 218 Å². The highest BCUT2D eigenvalue weighted by Crippen LogP contribution is 2.60. The van der Waals surface area contributed by atoms with Crippen LogP contribution in [0.25, 0.3) is 10.8 Å². The predicted octanol–water partition coefficient (Wildman–Crippen LogP) is 4.93. The standard InChI is InChI=1S/C31H37NO5/c1-5-35-30(34)28-27-26-24(11-8-12-25(26)37-29(27)28)19(2)36-18-23(33)17-32-31(3,4)16-20-13-14-21-9-6-7-10-22(21)15-20/h6-15,19,23,27-29,32-33H,5,16-18H2,1-4H3/t19-,23-,27+,28+,29+/m1/s1. The van der Waals surface area contributed by atoms with Crippen molar-refractivity contribution in [1.82, 2.24) is 5.32 Å². The second-order valence-electron chi connectivity index (χ2n) is 10.9. The first kappa shape index (κ1) is 25.7. The number of aliphatic hydroxyl groups excluding tert-OH is 1. The molecule has 6 heteroatoms. The highest BCUT2D eigenvalue weighted by atomic mass is 16.5. The molecule has 6 nitrogen and oxygen atoms in total. The third-order valence-electron chi connectivity index (χ3n) is 7.46. The minimum atomic E-state index is -0.646. The van der Waals surface area contributed by atoms with Crippen molar-refractivity contribution in [2.75, 3.05) is 19.8 Å². The Kier molecular flexibility index (Phi) is 7.26. The third-order valence-corrected chi connectivity index (χ3v) is 7.46. The summed E-state index contributed by atoms with van der Waals surface area (Å²) in [6.45, 7) is 9.10. The number of benzene rings is 3. The molecule has 1 aliphatic heterocycles. The van der Waals surface area contributed by atoms with E-state index in [0.29, 0.717) is 13.2 Å². The maximum absolute atomic E-state index is 12.3. The number of nitrogens with one attached hydrogen (secondary N) is 1. The van der Waals surface area contributed by atoms with E-state index in [1.807, 2.05) is 32.0 Å². The molecule has 196 valence electrons. The van der Waals surface area contributed by atoms with E-state index in [0.717, 1.165) is 23.3 Å². The summed E-state index contributed by atoms with van der Waals surface area (Å²) >= 11 is 0. The third kappa shape index (κ3) is 5.52. The van der Waals surface area contributed by atoms with E-state index in [-0.39, 0.29) is 42.2 Å². The molecule has 2 aliphatic rings. The summed E-state index contributed by atoms with van der Waals surface area (Å²) in [5.74, 6) is 0.416. The Bertz CT molecular complexity index is 1270. The fourth-order valence-electron chi connectivity index (χ4n) is 5.53. The van der Waals surface area contributed by atoms with Crippen molar-refractivity contribution < 1.29 is 24.1 Å². The molecule has 0 radical (unpaired) electrons. The first-order chi connectivity index (χ1) is 17.8. The van der Waals surface area contributed by atoms with E-state index >= 15 is 0 Å². The molecule has 0 aromatic heterocycles. The van der Waals surface area contributed by atoms with Gasteiger partial charge in [-0.3, -0.25) is 4.79 Å². The summed E-state index contributed by atoms with van der Waals surface area (Å²) in [5.41, 5.74) is 3.13. The largest absolute Gasteiger partial charge is 0.489 e. The monoisotopic (exact) mass is 503 g/mol. The number of carbonyl (C=O) groups excluding carboxylic acids is 1. The zero-order chi connectivity index (χ0) is 26.2. The zero-order valence-corrected chi connectivity index (χ0v) is 22.1. The molecule has 2 N–H and O–H groups in total. The van der Waals surface area contributed by atoms with Crippen molar-refractivity contribution in [2.24, 2.45) is 5.92 Å². The molecule has 0 bridgehead atoms. The first-order valence-electron chi connectivity index (χ1n) is 13.3. The average molecular weight is 504 g/mol. The number of β-amino-alcohol motifs (C(OH)–C–C–N with tert-alkyl or cyclic N) is 1. The van der Waals surface area contributed by atoms with Crippen LogP contribution in [0.4, 0.5) is 0 Å². The molecular formula is C31H37NO5. The van der Waals surface area contributed by atoms with Crippen LogP contribution < -0.4 is 10.1 Å². The van der Waals surface area contributed by atoms with Gasteiger partial charge in [-0.05, 0) is 62.1 Å². The number of carbonyl (C=O) groups is 1. The van der Waals surface area contributed by atoms with Crippen molar-refractivity contribution in [3.8, 4) is 5.75 Å². The van der Waals surface area contributed by atoms with E-state index in [4.69, 9.17) is 14.2 Å². The molecule has 37 heavy (non-hydrogen) atoms. The molecule has 3 aromatic carbocycles. The van der Waals surface area contributed by atoms with Crippen LogP contribution >= 0.6 is 0 Å². The van der Waals surface area contributed by atoms with Gasteiger partial charge in [0.1, 0.15) is 17.8 Å². The van der Waals surface area contributed by atoms with E-state index in [1.165, 1.54) is 16.3 Å². The van der Waals surface area contributed by atoms with Gasteiger partial charge in [0, 0.05) is 23.6 Å². The van der Waals surface area contributed by atoms with Gasteiger partial charge in [-0.1, -0.05) is 54.6 Å². The molecule has 0 spiro atoms. The number of hydrogen-bond acceptors (Lipinski definition) is 6. The number of aliphatic hydroxyl groups is 1. The van der Waals surface area contributed by atoms with E-state index < -0.39 is 6.10 Å². The summed E-state index contributed by atoms with van der Waals surface area (Å²) in [5, 5.41) is 16.6. The minimum absolute atomic E-state index is 0.0267. The van der Waals surface area contributed by atoms with Gasteiger partial charge in [-0.2, -0.15) is 0 Å². The summed E-state index contributed by atoms with van der Waals surface area (Å²) in [6, 6.07) is 20.9. The van der Waals surface area contributed by atoms with Crippen LogP contribution in [0.2, 0.25) is 0 Å². The Morgan fingerprint density at radius 1 is 1.11 bits per heavy atom. The van der Waals surface area contributed by atoms with Gasteiger partial charge >= 0.3 is 5.97 Å². The molecule has 1 saturated carbocycles. The smallest absolute Gasteiger partial charge is 0.313 e. The van der Waals surface area contributed by atoms with Crippen molar-refractivity contribution in [1.29, 1.82) is 0 Å². The van der Waals surface area contributed by atoms with Gasteiger partial charge in [0.25, 0.3) is 0 Å². The van der Waals surface area contributed by atoms with Gasteiger partial charge < -0.3 is 24.6 Å². The molecule has 5 rings (SSSR count). The number of ether oxygens (including phenoxy) is 3. The van der Waals surface area contributed by atoms with Crippen LogP contribution in [0, 0.1) is 5.92 Å². The number of rotatable bonds is 11. The molecule has 1 aliphatic carbocycles. The lowest BCUT2D eigenvalue weighted by Gasteiger charge is -2.28. The highest BCUT2D eigenvalue weighted by molar-refractivity contribution is 5.83. The Balaban J connectivity index is 1.14.